The fourth-order valence-corrected chi connectivity index (χ4v) is 0.919. The van der Waals surface area contributed by atoms with Crippen molar-refractivity contribution in [3.63, 3.8) is 0 Å². The smallest absolute Gasteiger partial charge is 0.323 e. The molecule has 3 N–H and O–H groups in total. The molecule has 0 aliphatic carbocycles. The molecule has 0 fully saturated rings. The minimum Gasteiger partial charge on any atom is -0.481 e. The molecule has 0 aliphatic heterocycles. The van der Waals surface area contributed by atoms with Crippen molar-refractivity contribution in [3.8, 4) is 0 Å². The molecule has 0 amide bonds. The van der Waals surface area contributed by atoms with Crippen molar-refractivity contribution in [1.82, 2.24) is 0 Å². The minimum absolute atomic E-state index is 0.0523. The molecule has 0 aromatic rings. The van der Waals surface area contributed by atoms with Gasteiger partial charge < -0.3 is 15.6 Å². The van der Waals surface area contributed by atoms with E-state index >= 15 is 0 Å². The molecule has 0 aliphatic rings. The molecule has 0 saturated heterocycles. The maximum Gasteiger partial charge on any atom is 0.323 e. The van der Waals surface area contributed by atoms with Crippen LogP contribution < -0.4 is 5.73 Å². The number of carboxylic acids is 1. The number of hydrogen-bond donors (Lipinski definition) is 2. The Balaban J connectivity index is 3.51. The molecule has 0 rings (SSSR count). The number of ether oxygens (including phenoxy) is 1. The molecule has 5 heteroatoms. The monoisotopic (exact) mass is 217 g/mol. The van der Waals surface area contributed by atoms with Crippen molar-refractivity contribution in [2.75, 3.05) is 6.61 Å². The molecule has 0 saturated carbocycles. The van der Waals surface area contributed by atoms with Gasteiger partial charge in [-0.1, -0.05) is 13.8 Å². The van der Waals surface area contributed by atoms with Crippen molar-refractivity contribution in [1.29, 1.82) is 0 Å². The van der Waals surface area contributed by atoms with E-state index < -0.39 is 18.0 Å². The Labute approximate surface area is 89.6 Å². The van der Waals surface area contributed by atoms with Crippen molar-refractivity contribution in [2.45, 2.75) is 39.2 Å². The van der Waals surface area contributed by atoms with Crippen molar-refractivity contribution >= 4 is 11.9 Å². The summed E-state index contributed by atoms with van der Waals surface area (Å²) in [5.41, 5.74) is 5.55. The van der Waals surface area contributed by atoms with E-state index in [-0.39, 0.29) is 18.9 Å². The second-order valence-corrected chi connectivity index (χ2v) is 3.79. The first kappa shape index (κ1) is 13.9. The fourth-order valence-electron chi connectivity index (χ4n) is 0.919. The average Bonchev–Trinajstić information content (AvgIpc) is 2.15. The molecule has 0 bridgehead atoms. The van der Waals surface area contributed by atoms with Gasteiger partial charge in [0.05, 0.1) is 6.61 Å². The zero-order valence-corrected chi connectivity index (χ0v) is 9.23. The van der Waals surface area contributed by atoms with E-state index in [1.165, 1.54) is 0 Å². The van der Waals surface area contributed by atoms with Crippen LogP contribution in [0.5, 0.6) is 0 Å². The predicted octanol–water partition coefficient (Wildman–Crippen LogP) is 0.768. The number of carbonyl (C=O) groups excluding carboxylic acids is 1. The Hall–Kier alpha value is -1.10. The SMILES string of the molecule is CC(C)[C@@H](N)C(=O)OCCCCC(=O)O. The number of unbranched alkanes of at least 4 members (excludes halogenated alkanes) is 1. The number of nitrogens with two attached hydrogens (primary N) is 1. The third kappa shape index (κ3) is 6.90. The Kier molecular flexibility index (Phi) is 6.70. The van der Waals surface area contributed by atoms with Crippen molar-refractivity contribution < 1.29 is 19.4 Å². The van der Waals surface area contributed by atoms with E-state index in [9.17, 15) is 9.59 Å². The summed E-state index contributed by atoms with van der Waals surface area (Å²) in [5, 5.41) is 8.36. The molecule has 0 aromatic carbocycles. The second kappa shape index (κ2) is 7.23. The number of hydrogen-bond acceptors (Lipinski definition) is 4. The lowest BCUT2D eigenvalue weighted by Gasteiger charge is -2.14. The Morgan fingerprint density at radius 1 is 1.33 bits per heavy atom. The first-order valence-corrected chi connectivity index (χ1v) is 5.09. The Morgan fingerprint density at radius 3 is 2.40 bits per heavy atom. The highest BCUT2D eigenvalue weighted by molar-refractivity contribution is 5.75. The van der Waals surface area contributed by atoms with Crippen LogP contribution in [0.25, 0.3) is 0 Å². The third-order valence-electron chi connectivity index (χ3n) is 2.02. The topological polar surface area (TPSA) is 89.6 Å². The van der Waals surface area contributed by atoms with Crippen molar-refractivity contribution in [3.05, 3.63) is 0 Å². The fraction of sp³-hybridized carbons (Fsp3) is 0.800. The van der Waals surface area contributed by atoms with Gasteiger partial charge in [-0.3, -0.25) is 9.59 Å². The number of aliphatic carboxylic acids is 1. The molecule has 0 heterocycles. The molecule has 1 atom stereocenters. The number of esters is 1. The summed E-state index contributed by atoms with van der Waals surface area (Å²) in [5.74, 6) is -1.20. The van der Waals surface area contributed by atoms with E-state index in [2.05, 4.69) is 0 Å². The number of rotatable bonds is 7. The van der Waals surface area contributed by atoms with Crippen LogP contribution in [0.1, 0.15) is 33.1 Å². The first-order chi connectivity index (χ1) is 6.95. The maximum absolute atomic E-state index is 11.2. The van der Waals surface area contributed by atoms with Gasteiger partial charge in [0.1, 0.15) is 6.04 Å². The zero-order chi connectivity index (χ0) is 11.8. The summed E-state index contributed by atoms with van der Waals surface area (Å²) in [6, 6.07) is -0.593. The van der Waals surface area contributed by atoms with E-state index in [4.69, 9.17) is 15.6 Å². The van der Waals surface area contributed by atoms with Gasteiger partial charge in [0.2, 0.25) is 0 Å². The summed E-state index contributed by atoms with van der Waals surface area (Å²) in [6.07, 6.45) is 1.18. The van der Waals surface area contributed by atoms with Gasteiger partial charge in [0, 0.05) is 6.42 Å². The van der Waals surface area contributed by atoms with Crippen LogP contribution in [0, 0.1) is 5.92 Å². The molecule has 88 valence electrons. The summed E-state index contributed by atoms with van der Waals surface area (Å²) in [6.45, 7) is 3.93. The third-order valence-corrected chi connectivity index (χ3v) is 2.02. The highest BCUT2D eigenvalue weighted by Crippen LogP contribution is 2.02. The lowest BCUT2D eigenvalue weighted by Crippen LogP contribution is -2.37. The minimum atomic E-state index is -0.833. The van der Waals surface area contributed by atoms with Gasteiger partial charge in [-0.05, 0) is 18.8 Å². The molecular formula is C10H19NO4. The molecule has 0 spiro atoms. The van der Waals surface area contributed by atoms with Crippen LogP contribution in [0.3, 0.4) is 0 Å². The Bertz CT molecular complexity index is 215. The second-order valence-electron chi connectivity index (χ2n) is 3.79. The van der Waals surface area contributed by atoms with Crippen LogP contribution in [0.2, 0.25) is 0 Å². The van der Waals surface area contributed by atoms with Crippen LogP contribution in [0.4, 0.5) is 0 Å². The van der Waals surface area contributed by atoms with Crippen LogP contribution in [-0.2, 0) is 14.3 Å². The molecular weight excluding hydrogens is 198 g/mol. The molecule has 5 nitrogen and oxygen atoms in total. The summed E-state index contributed by atoms with van der Waals surface area (Å²) < 4.78 is 4.89. The van der Waals surface area contributed by atoms with E-state index in [0.29, 0.717) is 12.8 Å². The summed E-state index contributed by atoms with van der Waals surface area (Å²) >= 11 is 0. The summed E-state index contributed by atoms with van der Waals surface area (Å²) in [7, 11) is 0. The average molecular weight is 217 g/mol. The quantitative estimate of drug-likeness (QED) is 0.485. The zero-order valence-electron chi connectivity index (χ0n) is 9.23. The molecule has 0 unspecified atom stereocenters. The van der Waals surface area contributed by atoms with Crippen LogP contribution in [-0.4, -0.2) is 29.7 Å². The van der Waals surface area contributed by atoms with Gasteiger partial charge in [-0.15, -0.1) is 0 Å². The lowest BCUT2D eigenvalue weighted by molar-refractivity contribution is -0.146. The molecule has 15 heavy (non-hydrogen) atoms. The maximum atomic E-state index is 11.2. The van der Waals surface area contributed by atoms with E-state index in [0.717, 1.165) is 0 Å². The van der Waals surface area contributed by atoms with Gasteiger partial charge in [-0.2, -0.15) is 0 Å². The van der Waals surface area contributed by atoms with Gasteiger partial charge in [0.15, 0.2) is 0 Å². The summed E-state index contributed by atoms with van der Waals surface area (Å²) in [4.78, 5) is 21.4. The van der Waals surface area contributed by atoms with Crippen LogP contribution in [0.15, 0.2) is 0 Å². The van der Waals surface area contributed by atoms with E-state index in [1.807, 2.05) is 13.8 Å². The lowest BCUT2D eigenvalue weighted by atomic mass is 10.1. The first-order valence-electron chi connectivity index (χ1n) is 5.09. The van der Waals surface area contributed by atoms with Gasteiger partial charge in [-0.25, -0.2) is 0 Å². The number of carbonyl (C=O) groups is 2. The largest absolute Gasteiger partial charge is 0.481 e. The standard InChI is InChI=1S/C10H19NO4/c1-7(2)9(11)10(14)15-6-4-3-5-8(12)13/h7,9H,3-6,11H2,1-2H3,(H,12,13)/t9-/m1/s1. The van der Waals surface area contributed by atoms with Gasteiger partial charge >= 0.3 is 11.9 Å². The van der Waals surface area contributed by atoms with E-state index in [1.54, 1.807) is 0 Å². The Morgan fingerprint density at radius 2 is 1.93 bits per heavy atom. The van der Waals surface area contributed by atoms with Crippen molar-refractivity contribution in [2.24, 2.45) is 11.7 Å². The normalized spacial score (nSPS) is 12.5. The predicted molar refractivity (Wildman–Crippen MR) is 55.3 cm³/mol. The number of carboxylic acid groups (broad SMARTS) is 1. The molecule has 0 radical (unpaired) electrons. The highest BCUT2D eigenvalue weighted by Gasteiger charge is 2.18. The molecule has 0 aromatic heterocycles. The van der Waals surface area contributed by atoms with Gasteiger partial charge in [0.25, 0.3) is 0 Å². The highest BCUT2D eigenvalue weighted by atomic mass is 16.5. The van der Waals surface area contributed by atoms with Crippen LogP contribution >= 0.6 is 0 Å².